The molecule has 2 heterocycles. The molecular formula is C36H36F3N5O. The Bertz CT molecular complexity index is 1830. The minimum atomic E-state index is -4.48. The highest BCUT2D eigenvalue weighted by molar-refractivity contribution is 6.00. The molecule has 1 fully saturated rings. The largest absolute Gasteiger partial charge is 0.405 e. The zero-order valence-corrected chi connectivity index (χ0v) is 25.3. The van der Waals surface area contributed by atoms with E-state index < -0.39 is 24.0 Å². The van der Waals surface area contributed by atoms with Gasteiger partial charge in [-0.3, -0.25) is 9.69 Å². The molecule has 0 spiro atoms. The molecule has 0 bridgehead atoms. The summed E-state index contributed by atoms with van der Waals surface area (Å²) in [6.07, 6.45) is -2.48. The standard InChI is InChI=1S/C36H36F3N5O/c1-42-32-23-26-11-3-2-10-25(26)22-31(32)41-34(42)44-20-18-43(19-21-44)17-9-8-16-35(33(45)40-24-36(37,38)39)29-14-6-4-12-27(29)28-13-5-7-15-30(28)35/h2-7,10-15,22-23H,8-9,16-21,24H2,1H3,(H,40,45). The van der Waals surface area contributed by atoms with Gasteiger partial charge in [-0.05, 0) is 64.5 Å². The number of rotatable bonds is 8. The van der Waals surface area contributed by atoms with E-state index in [1.54, 1.807) is 0 Å². The first-order valence-electron chi connectivity index (χ1n) is 15.6. The molecule has 4 aromatic carbocycles. The first-order chi connectivity index (χ1) is 21.7. The summed E-state index contributed by atoms with van der Waals surface area (Å²) in [6, 6.07) is 28.0. The minimum absolute atomic E-state index is 0.443. The fraction of sp³-hybridized carbons (Fsp3) is 0.333. The van der Waals surface area contributed by atoms with Crippen molar-refractivity contribution in [2.75, 3.05) is 44.2 Å². The lowest BCUT2D eigenvalue weighted by molar-refractivity contribution is -0.141. The number of hydrogen-bond donors (Lipinski definition) is 1. The van der Waals surface area contributed by atoms with E-state index in [0.717, 1.165) is 78.4 Å². The van der Waals surface area contributed by atoms with E-state index in [4.69, 9.17) is 4.98 Å². The van der Waals surface area contributed by atoms with Crippen molar-refractivity contribution in [3.8, 4) is 11.1 Å². The summed E-state index contributed by atoms with van der Waals surface area (Å²) >= 11 is 0. The second-order valence-corrected chi connectivity index (χ2v) is 12.2. The molecule has 0 atom stereocenters. The lowest BCUT2D eigenvalue weighted by Crippen LogP contribution is -2.48. The zero-order chi connectivity index (χ0) is 31.2. The zero-order valence-electron chi connectivity index (χ0n) is 25.3. The van der Waals surface area contributed by atoms with Crippen LogP contribution in [0.25, 0.3) is 32.9 Å². The number of imidazole rings is 1. The number of fused-ring (bicyclic) bond motifs is 5. The second kappa shape index (κ2) is 11.5. The Kier molecular flexibility index (Phi) is 7.52. The number of anilines is 1. The van der Waals surface area contributed by atoms with Gasteiger partial charge >= 0.3 is 6.18 Å². The Morgan fingerprint density at radius 2 is 1.44 bits per heavy atom. The number of carbonyl (C=O) groups excluding carboxylic acids is 1. The van der Waals surface area contributed by atoms with Gasteiger partial charge in [0, 0.05) is 33.2 Å². The number of alkyl halides is 3. The van der Waals surface area contributed by atoms with Gasteiger partial charge in [0.25, 0.3) is 0 Å². The Morgan fingerprint density at radius 3 is 2.09 bits per heavy atom. The number of hydrogen-bond acceptors (Lipinski definition) is 4. The van der Waals surface area contributed by atoms with Crippen LogP contribution in [0, 0.1) is 0 Å². The summed E-state index contributed by atoms with van der Waals surface area (Å²) in [5, 5.41) is 4.62. The molecule has 0 unspecified atom stereocenters. The number of nitrogens with zero attached hydrogens (tertiary/aromatic N) is 4. The molecule has 1 aliphatic carbocycles. The van der Waals surface area contributed by atoms with Crippen molar-refractivity contribution in [3.63, 3.8) is 0 Å². The number of benzene rings is 4. The highest BCUT2D eigenvalue weighted by atomic mass is 19.4. The van der Waals surface area contributed by atoms with Crippen LogP contribution < -0.4 is 10.2 Å². The summed E-state index contributed by atoms with van der Waals surface area (Å²) in [7, 11) is 2.08. The number of amides is 1. The monoisotopic (exact) mass is 611 g/mol. The molecule has 6 nitrogen and oxygen atoms in total. The first kappa shape index (κ1) is 29.3. The molecule has 1 saturated heterocycles. The normalized spacial score (nSPS) is 16.2. The van der Waals surface area contributed by atoms with Crippen molar-refractivity contribution >= 4 is 33.7 Å². The summed E-state index contributed by atoms with van der Waals surface area (Å²) in [4.78, 5) is 23.5. The predicted octanol–water partition coefficient (Wildman–Crippen LogP) is 6.66. The molecule has 1 aromatic heterocycles. The highest BCUT2D eigenvalue weighted by Gasteiger charge is 2.49. The highest BCUT2D eigenvalue weighted by Crippen LogP contribution is 2.51. The molecule has 232 valence electrons. The molecule has 9 heteroatoms. The Hall–Kier alpha value is -4.37. The molecule has 0 saturated carbocycles. The van der Waals surface area contributed by atoms with Gasteiger partial charge in [-0.15, -0.1) is 0 Å². The summed E-state index contributed by atoms with van der Waals surface area (Å²) < 4.78 is 41.7. The van der Waals surface area contributed by atoms with E-state index in [1.807, 2.05) is 54.6 Å². The van der Waals surface area contributed by atoms with Gasteiger partial charge in [-0.25, -0.2) is 4.98 Å². The first-order valence-corrected chi connectivity index (χ1v) is 15.6. The van der Waals surface area contributed by atoms with Crippen molar-refractivity contribution in [1.29, 1.82) is 0 Å². The molecular weight excluding hydrogens is 575 g/mol. The summed E-state index contributed by atoms with van der Waals surface area (Å²) in [5.74, 6) is 0.395. The molecule has 0 radical (unpaired) electrons. The fourth-order valence-corrected chi connectivity index (χ4v) is 7.33. The third-order valence-corrected chi connectivity index (χ3v) is 9.56. The minimum Gasteiger partial charge on any atom is -0.346 e. The van der Waals surface area contributed by atoms with Crippen LogP contribution in [0.1, 0.15) is 30.4 Å². The lowest BCUT2D eigenvalue weighted by Gasteiger charge is -2.35. The van der Waals surface area contributed by atoms with Gasteiger partial charge in [-0.2, -0.15) is 13.2 Å². The quantitative estimate of drug-likeness (QED) is 0.199. The van der Waals surface area contributed by atoms with Crippen LogP contribution in [0.3, 0.4) is 0 Å². The van der Waals surface area contributed by atoms with Crippen LogP contribution in [-0.2, 0) is 17.3 Å². The summed E-state index contributed by atoms with van der Waals surface area (Å²) in [5.41, 5.74) is 4.38. The van der Waals surface area contributed by atoms with E-state index >= 15 is 0 Å². The van der Waals surface area contributed by atoms with E-state index in [9.17, 15) is 18.0 Å². The number of nitrogens with one attached hydrogen (secondary N) is 1. The number of carbonyl (C=O) groups is 1. The predicted molar refractivity (Wildman–Crippen MR) is 172 cm³/mol. The van der Waals surface area contributed by atoms with Crippen LogP contribution in [0.4, 0.5) is 19.1 Å². The fourth-order valence-electron chi connectivity index (χ4n) is 7.33. The number of aromatic nitrogens is 2. The van der Waals surface area contributed by atoms with Crippen LogP contribution in [0.5, 0.6) is 0 Å². The molecule has 7 rings (SSSR count). The van der Waals surface area contributed by atoms with Crippen molar-refractivity contribution in [2.24, 2.45) is 7.05 Å². The Morgan fingerprint density at radius 1 is 0.844 bits per heavy atom. The Balaban J connectivity index is 1.02. The van der Waals surface area contributed by atoms with Crippen LogP contribution in [0.15, 0.2) is 84.9 Å². The maximum atomic E-state index is 13.7. The lowest BCUT2D eigenvalue weighted by atomic mass is 9.73. The van der Waals surface area contributed by atoms with E-state index in [2.05, 4.69) is 57.1 Å². The van der Waals surface area contributed by atoms with Crippen molar-refractivity contribution in [2.45, 2.75) is 30.9 Å². The van der Waals surface area contributed by atoms with Gasteiger partial charge in [-0.1, -0.05) is 79.2 Å². The third kappa shape index (κ3) is 5.33. The van der Waals surface area contributed by atoms with E-state index in [1.165, 1.54) is 10.8 Å². The average molecular weight is 612 g/mol. The van der Waals surface area contributed by atoms with Crippen LogP contribution in [-0.4, -0.2) is 65.8 Å². The molecule has 1 amide bonds. The van der Waals surface area contributed by atoms with Gasteiger partial charge in [0.05, 0.1) is 11.0 Å². The number of piperazine rings is 1. The van der Waals surface area contributed by atoms with Crippen molar-refractivity contribution < 1.29 is 18.0 Å². The summed E-state index contributed by atoms with van der Waals surface area (Å²) in [6.45, 7) is 3.04. The van der Waals surface area contributed by atoms with Crippen LogP contribution >= 0.6 is 0 Å². The van der Waals surface area contributed by atoms with Crippen molar-refractivity contribution in [3.05, 3.63) is 96.1 Å². The van der Waals surface area contributed by atoms with E-state index in [-0.39, 0.29) is 0 Å². The SMILES string of the molecule is Cn1c(N2CCN(CCCCC3(C(=O)NCC(F)(F)F)c4ccccc4-c4ccccc43)CC2)nc2cc3ccccc3cc21. The average Bonchev–Trinajstić information content (AvgIpc) is 3.53. The molecule has 5 aromatic rings. The van der Waals surface area contributed by atoms with E-state index in [0.29, 0.717) is 12.8 Å². The van der Waals surface area contributed by atoms with Gasteiger partial charge in [0.2, 0.25) is 11.9 Å². The smallest absolute Gasteiger partial charge is 0.346 e. The topological polar surface area (TPSA) is 53.4 Å². The van der Waals surface area contributed by atoms with Gasteiger partial charge < -0.3 is 14.8 Å². The van der Waals surface area contributed by atoms with Crippen LogP contribution in [0.2, 0.25) is 0 Å². The Labute approximate surface area is 260 Å². The molecule has 2 aliphatic rings. The maximum absolute atomic E-state index is 13.7. The molecule has 1 N–H and O–H groups in total. The number of halogens is 3. The number of aryl methyl sites for hydroxylation is 1. The maximum Gasteiger partial charge on any atom is 0.405 e. The third-order valence-electron chi connectivity index (χ3n) is 9.56. The molecule has 45 heavy (non-hydrogen) atoms. The van der Waals surface area contributed by atoms with Crippen molar-refractivity contribution in [1.82, 2.24) is 19.8 Å². The second-order valence-electron chi connectivity index (χ2n) is 12.2. The van der Waals surface area contributed by atoms with Gasteiger partial charge in [0.1, 0.15) is 12.0 Å². The molecule has 1 aliphatic heterocycles. The van der Waals surface area contributed by atoms with Gasteiger partial charge in [0.15, 0.2) is 0 Å². The number of unbranched alkanes of at least 4 members (excludes halogenated alkanes) is 1.